The molecule has 0 aromatic carbocycles. The molecule has 1 aromatic rings. The molecule has 1 aliphatic rings. The quantitative estimate of drug-likeness (QED) is 0.870. The van der Waals surface area contributed by atoms with Crippen molar-refractivity contribution in [3.05, 3.63) is 29.8 Å². The fourth-order valence-corrected chi connectivity index (χ4v) is 2.19. The molecule has 94 valence electrons. The monoisotopic (exact) mass is 241 g/mol. The lowest BCUT2D eigenvalue weighted by atomic mass is 9.84. The van der Waals surface area contributed by atoms with E-state index in [1.54, 1.807) is 7.11 Å². The van der Waals surface area contributed by atoms with Gasteiger partial charge in [0, 0.05) is 44.9 Å². The van der Waals surface area contributed by atoms with Crippen LogP contribution in [0.4, 0.5) is 4.39 Å². The Morgan fingerprint density at radius 2 is 2.18 bits per heavy atom. The van der Waals surface area contributed by atoms with Crippen LogP contribution in [0.25, 0.3) is 0 Å². The van der Waals surface area contributed by atoms with E-state index in [0.29, 0.717) is 31.6 Å². The Bertz CT molecular complexity index is 380. The molecule has 0 saturated carbocycles. The number of nitrogens with zero attached hydrogens (tertiary/aromatic N) is 1. The number of methoxy groups -OCH3 is 1. The molecule has 0 bridgehead atoms. The Labute approximate surface area is 99.4 Å². The molecule has 0 amide bonds. The van der Waals surface area contributed by atoms with Gasteiger partial charge in [0.1, 0.15) is 17.5 Å². The highest BCUT2D eigenvalue weighted by atomic mass is 19.1. The number of pyridine rings is 1. The molecule has 1 saturated heterocycles. The number of halogens is 1. The minimum atomic E-state index is -0.889. The molecule has 4 nitrogen and oxygen atoms in total. The second-order valence-corrected chi connectivity index (χ2v) is 4.22. The van der Waals surface area contributed by atoms with Gasteiger partial charge < -0.3 is 14.6 Å². The van der Waals surface area contributed by atoms with Crippen molar-refractivity contribution in [3.8, 4) is 0 Å². The summed E-state index contributed by atoms with van der Waals surface area (Å²) in [5.74, 6) is -0.458. The van der Waals surface area contributed by atoms with Crippen LogP contribution in [0, 0.1) is 5.82 Å². The number of aromatic nitrogens is 1. The molecule has 2 heterocycles. The first-order valence-electron chi connectivity index (χ1n) is 5.59. The summed E-state index contributed by atoms with van der Waals surface area (Å²) in [7, 11) is 1.56. The SMILES string of the molecule is COC1(C(O)c2cncc(F)c2)CCOCC1. The van der Waals surface area contributed by atoms with Gasteiger partial charge in [-0.1, -0.05) is 0 Å². The summed E-state index contributed by atoms with van der Waals surface area (Å²) >= 11 is 0. The van der Waals surface area contributed by atoms with Crippen LogP contribution in [0.15, 0.2) is 18.5 Å². The summed E-state index contributed by atoms with van der Waals surface area (Å²) in [5, 5.41) is 10.3. The largest absolute Gasteiger partial charge is 0.385 e. The molecule has 0 radical (unpaired) electrons. The number of rotatable bonds is 3. The molecular formula is C12H16FNO3. The summed E-state index contributed by atoms with van der Waals surface area (Å²) in [6.45, 7) is 1.07. The fourth-order valence-electron chi connectivity index (χ4n) is 2.19. The Kier molecular flexibility index (Phi) is 3.71. The summed E-state index contributed by atoms with van der Waals surface area (Å²) < 4.78 is 23.8. The van der Waals surface area contributed by atoms with Gasteiger partial charge in [-0.2, -0.15) is 0 Å². The van der Waals surface area contributed by atoms with E-state index in [1.807, 2.05) is 0 Å². The van der Waals surface area contributed by atoms with Gasteiger partial charge in [0.15, 0.2) is 0 Å². The van der Waals surface area contributed by atoms with Crippen molar-refractivity contribution in [3.63, 3.8) is 0 Å². The maximum atomic E-state index is 13.1. The van der Waals surface area contributed by atoms with Gasteiger partial charge in [-0.3, -0.25) is 4.98 Å². The summed E-state index contributed by atoms with van der Waals surface area (Å²) in [6.07, 6.45) is 2.85. The van der Waals surface area contributed by atoms with Crippen LogP contribution in [0.2, 0.25) is 0 Å². The van der Waals surface area contributed by atoms with E-state index in [-0.39, 0.29) is 0 Å². The minimum Gasteiger partial charge on any atom is -0.385 e. The third-order valence-electron chi connectivity index (χ3n) is 3.29. The molecule has 1 aromatic heterocycles. The van der Waals surface area contributed by atoms with Gasteiger partial charge in [-0.05, 0) is 6.07 Å². The smallest absolute Gasteiger partial charge is 0.141 e. The Morgan fingerprint density at radius 1 is 1.47 bits per heavy atom. The lowest BCUT2D eigenvalue weighted by Crippen LogP contribution is -2.43. The Hall–Kier alpha value is -1.04. The first-order chi connectivity index (χ1) is 8.18. The first kappa shape index (κ1) is 12.4. The molecule has 5 heteroatoms. The minimum absolute atomic E-state index is 0.439. The zero-order chi connectivity index (χ0) is 12.3. The number of ether oxygens (including phenoxy) is 2. The molecule has 2 rings (SSSR count). The van der Waals surface area contributed by atoms with E-state index < -0.39 is 17.5 Å². The molecule has 17 heavy (non-hydrogen) atoms. The molecule has 1 atom stereocenters. The highest BCUT2D eigenvalue weighted by Crippen LogP contribution is 2.37. The van der Waals surface area contributed by atoms with Crippen LogP contribution in [-0.2, 0) is 9.47 Å². The van der Waals surface area contributed by atoms with Gasteiger partial charge in [0.2, 0.25) is 0 Å². The van der Waals surface area contributed by atoms with Crippen molar-refractivity contribution in [2.45, 2.75) is 24.5 Å². The van der Waals surface area contributed by atoms with Crippen LogP contribution in [-0.4, -0.2) is 36.0 Å². The second-order valence-electron chi connectivity index (χ2n) is 4.22. The van der Waals surface area contributed by atoms with Crippen LogP contribution in [0.3, 0.4) is 0 Å². The third-order valence-corrected chi connectivity index (χ3v) is 3.29. The average molecular weight is 241 g/mol. The number of hydrogen-bond acceptors (Lipinski definition) is 4. The first-order valence-corrected chi connectivity index (χ1v) is 5.59. The summed E-state index contributed by atoms with van der Waals surface area (Å²) in [6, 6.07) is 1.29. The van der Waals surface area contributed by atoms with Crippen molar-refractivity contribution in [2.75, 3.05) is 20.3 Å². The molecule has 1 N–H and O–H groups in total. The van der Waals surface area contributed by atoms with Gasteiger partial charge in [0.05, 0.1) is 6.20 Å². The van der Waals surface area contributed by atoms with E-state index in [4.69, 9.17) is 9.47 Å². The van der Waals surface area contributed by atoms with Crippen molar-refractivity contribution in [2.24, 2.45) is 0 Å². The normalized spacial score (nSPS) is 21.1. The number of aliphatic hydroxyl groups excluding tert-OH is 1. The number of aliphatic hydroxyl groups is 1. The molecular weight excluding hydrogens is 225 g/mol. The predicted octanol–water partition coefficient (Wildman–Crippen LogP) is 1.45. The number of hydrogen-bond donors (Lipinski definition) is 1. The molecule has 1 aliphatic heterocycles. The lowest BCUT2D eigenvalue weighted by Gasteiger charge is -2.39. The van der Waals surface area contributed by atoms with Crippen molar-refractivity contribution in [1.82, 2.24) is 4.98 Å². The Balaban J connectivity index is 2.24. The molecule has 0 spiro atoms. The van der Waals surface area contributed by atoms with Gasteiger partial charge in [0.25, 0.3) is 0 Å². The maximum absolute atomic E-state index is 13.1. The van der Waals surface area contributed by atoms with Gasteiger partial charge in [-0.15, -0.1) is 0 Å². The highest BCUT2D eigenvalue weighted by Gasteiger charge is 2.40. The van der Waals surface area contributed by atoms with E-state index in [0.717, 1.165) is 6.20 Å². The molecule has 1 fully saturated rings. The van der Waals surface area contributed by atoms with E-state index in [2.05, 4.69) is 4.98 Å². The van der Waals surface area contributed by atoms with Crippen LogP contribution in [0.5, 0.6) is 0 Å². The van der Waals surface area contributed by atoms with Crippen molar-refractivity contribution in [1.29, 1.82) is 0 Å². The van der Waals surface area contributed by atoms with Crippen LogP contribution < -0.4 is 0 Å². The van der Waals surface area contributed by atoms with Crippen molar-refractivity contribution >= 4 is 0 Å². The predicted molar refractivity (Wildman–Crippen MR) is 58.9 cm³/mol. The second kappa shape index (κ2) is 5.08. The fraction of sp³-hybridized carbons (Fsp3) is 0.583. The summed E-state index contributed by atoms with van der Waals surface area (Å²) in [5.41, 5.74) is -0.262. The summed E-state index contributed by atoms with van der Waals surface area (Å²) in [4.78, 5) is 3.74. The lowest BCUT2D eigenvalue weighted by molar-refractivity contribution is -0.154. The zero-order valence-electron chi connectivity index (χ0n) is 9.73. The zero-order valence-corrected chi connectivity index (χ0v) is 9.73. The molecule has 0 aliphatic carbocycles. The van der Waals surface area contributed by atoms with E-state index >= 15 is 0 Å². The topological polar surface area (TPSA) is 51.6 Å². The van der Waals surface area contributed by atoms with Crippen LogP contribution in [0.1, 0.15) is 24.5 Å². The molecule has 1 unspecified atom stereocenters. The van der Waals surface area contributed by atoms with Gasteiger partial charge in [-0.25, -0.2) is 4.39 Å². The van der Waals surface area contributed by atoms with Crippen LogP contribution >= 0.6 is 0 Å². The van der Waals surface area contributed by atoms with E-state index in [1.165, 1.54) is 12.3 Å². The highest BCUT2D eigenvalue weighted by molar-refractivity contribution is 5.17. The maximum Gasteiger partial charge on any atom is 0.141 e. The standard InChI is InChI=1S/C12H16FNO3/c1-16-12(2-4-17-5-3-12)11(15)9-6-10(13)8-14-7-9/h6-8,11,15H,2-5H2,1H3. The van der Waals surface area contributed by atoms with Crippen molar-refractivity contribution < 1.29 is 19.0 Å². The third kappa shape index (κ3) is 2.46. The van der Waals surface area contributed by atoms with Gasteiger partial charge >= 0.3 is 0 Å². The average Bonchev–Trinajstić information content (AvgIpc) is 2.38. The Morgan fingerprint density at radius 3 is 2.76 bits per heavy atom. The van der Waals surface area contributed by atoms with E-state index in [9.17, 15) is 9.50 Å².